The summed E-state index contributed by atoms with van der Waals surface area (Å²) in [7, 11) is -3.55. The van der Waals surface area contributed by atoms with Gasteiger partial charge in [0.1, 0.15) is 0 Å². The second-order valence-electron chi connectivity index (χ2n) is 7.28. The Morgan fingerprint density at radius 1 is 1.04 bits per heavy atom. The lowest BCUT2D eigenvalue weighted by Crippen LogP contribution is -2.33. The number of sulfonamides is 1. The monoisotopic (exact) mass is 357 g/mol. The van der Waals surface area contributed by atoms with Crippen LogP contribution in [-0.2, 0) is 22.9 Å². The highest BCUT2D eigenvalue weighted by Crippen LogP contribution is 2.54. The standard InChI is InChI=1S/C20H23NO3S/c22-19(16-5-2-1-3-6-16)20(11-12-20)14-21-25(23,24)18-10-9-15-7-4-8-17(15)13-18/h1-3,5-6,9-10,13,19,21-22H,4,7-8,11-12,14H2. The molecule has 4 rings (SSSR count). The molecule has 0 radical (unpaired) electrons. The van der Waals surface area contributed by atoms with Crippen LogP contribution < -0.4 is 4.72 Å². The van der Waals surface area contributed by atoms with Gasteiger partial charge < -0.3 is 5.11 Å². The third-order valence-corrected chi connectivity index (χ3v) is 6.98. The summed E-state index contributed by atoms with van der Waals surface area (Å²) in [6.07, 6.45) is 4.10. The van der Waals surface area contributed by atoms with Crippen molar-refractivity contribution in [1.29, 1.82) is 0 Å². The van der Waals surface area contributed by atoms with Crippen LogP contribution in [0.2, 0.25) is 0 Å². The van der Waals surface area contributed by atoms with Crippen LogP contribution in [0.1, 0.15) is 42.1 Å². The molecule has 4 nitrogen and oxygen atoms in total. The zero-order valence-corrected chi connectivity index (χ0v) is 14.9. The predicted molar refractivity (Wildman–Crippen MR) is 96.7 cm³/mol. The van der Waals surface area contributed by atoms with Gasteiger partial charge in [-0.2, -0.15) is 0 Å². The highest BCUT2D eigenvalue weighted by Gasteiger charge is 2.49. The number of fused-ring (bicyclic) bond motifs is 1. The summed E-state index contributed by atoms with van der Waals surface area (Å²) in [5.41, 5.74) is 2.87. The fourth-order valence-corrected chi connectivity index (χ4v) is 4.92. The summed E-state index contributed by atoms with van der Waals surface area (Å²) in [4.78, 5) is 0.332. The van der Waals surface area contributed by atoms with Crippen molar-refractivity contribution in [2.75, 3.05) is 6.54 Å². The number of rotatable bonds is 6. The molecule has 1 unspecified atom stereocenters. The largest absolute Gasteiger partial charge is 0.388 e. The van der Waals surface area contributed by atoms with Crippen LogP contribution in [-0.4, -0.2) is 20.1 Å². The van der Waals surface area contributed by atoms with Crippen LogP contribution in [0.3, 0.4) is 0 Å². The Morgan fingerprint density at radius 3 is 2.48 bits per heavy atom. The zero-order chi connectivity index (χ0) is 17.5. The highest BCUT2D eigenvalue weighted by atomic mass is 32.2. The third-order valence-electron chi connectivity index (χ3n) is 5.58. The van der Waals surface area contributed by atoms with Crippen LogP contribution in [0.25, 0.3) is 0 Å². The molecular formula is C20H23NO3S. The van der Waals surface area contributed by atoms with Crippen molar-refractivity contribution < 1.29 is 13.5 Å². The zero-order valence-electron chi connectivity index (χ0n) is 14.1. The Morgan fingerprint density at radius 2 is 1.76 bits per heavy atom. The molecule has 2 aliphatic rings. The van der Waals surface area contributed by atoms with Crippen molar-refractivity contribution in [3.05, 3.63) is 65.2 Å². The molecular weight excluding hydrogens is 334 g/mol. The maximum atomic E-state index is 12.7. The maximum Gasteiger partial charge on any atom is 0.240 e. The van der Waals surface area contributed by atoms with Crippen molar-refractivity contribution in [2.45, 2.75) is 43.1 Å². The summed E-state index contributed by atoms with van der Waals surface area (Å²) in [5, 5.41) is 10.7. The number of aryl methyl sites for hydroxylation is 2. The minimum Gasteiger partial charge on any atom is -0.388 e. The average Bonchev–Trinajstić information content (AvgIpc) is 3.28. The van der Waals surface area contributed by atoms with Gasteiger partial charge in [0.2, 0.25) is 10.0 Å². The van der Waals surface area contributed by atoms with E-state index < -0.39 is 16.1 Å². The first-order valence-corrected chi connectivity index (χ1v) is 10.3. The van der Waals surface area contributed by atoms with E-state index in [-0.39, 0.29) is 12.0 Å². The molecule has 1 fully saturated rings. The number of nitrogens with one attached hydrogen (secondary N) is 1. The molecule has 1 atom stereocenters. The second kappa shape index (κ2) is 6.24. The number of aliphatic hydroxyl groups excluding tert-OH is 1. The molecule has 2 aromatic carbocycles. The normalized spacial score (nSPS) is 19.4. The Bertz CT molecular complexity index is 873. The molecule has 0 aromatic heterocycles. The summed E-state index contributed by atoms with van der Waals surface area (Å²) in [6, 6.07) is 14.9. The lowest BCUT2D eigenvalue weighted by Gasteiger charge is -2.23. The first kappa shape index (κ1) is 16.8. The van der Waals surface area contributed by atoms with E-state index in [1.807, 2.05) is 36.4 Å². The van der Waals surface area contributed by atoms with Crippen molar-refractivity contribution in [2.24, 2.45) is 5.41 Å². The van der Waals surface area contributed by atoms with Crippen LogP contribution in [0.15, 0.2) is 53.4 Å². The summed E-state index contributed by atoms with van der Waals surface area (Å²) in [6.45, 7) is 0.266. The molecule has 132 valence electrons. The lowest BCUT2D eigenvalue weighted by atomic mass is 9.93. The van der Waals surface area contributed by atoms with Crippen molar-refractivity contribution in [1.82, 2.24) is 4.72 Å². The van der Waals surface area contributed by atoms with Gasteiger partial charge in [0.25, 0.3) is 0 Å². The van der Waals surface area contributed by atoms with Gasteiger partial charge in [0.05, 0.1) is 11.0 Å². The molecule has 2 aliphatic carbocycles. The van der Waals surface area contributed by atoms with Crippen molar-refractivity contribution in [3.8, 4) is 0 Å². The summed E-state index contributed by atoms with van der Waals surface area (Å²) < 4.78 is 28.1. The molecule has 0 aliphatic heterocycles. The van der Waals surface area contributed by atoms with Gasteiger partial charge in [-0.25, -0.2) is 13.1 Å². The first-order chi connectivity index (χ1) is 12.0. The van der Waals surface area contributed by atoms with Gasteiger partial charge in [-0.05, 0) is 60.9 Å². The minimum absolute atomic E-state index is 0.266. The maximum absolute atomic E-state index is 12.7. The van der Waals surface area contributed by atoms with E-state index in [0.717, 1.165) is 43.2 Å². The third kappa shape index (κ3) is 3.24. The highest BCUT2D eigenvalue weighted by molar-refractivity contribution is 7.89. The SMILES string of the molecule is O=S(=O)(NCC1(C(O)c2ccccc2)CC1)c1ccc2c(c1)CCC2. The fourth-order valence-electron chi connectivity index (χ4n) is 3.73. The minimum atomic E-state index is -3.55. The van der Waals surface area contributed by atoms with E-state index in [0.29, 0.717) is 4.90 Å². The number of hydrogen-bond acceptors (Lipinski definition) is 3. The van der Waals surface area contributed by atoms with Gasteiger partial charge in [-0.15, -0.1) is 0 Å². The molecule has 0 saturated heterocycles. The van der Waals surface area contributed by atoms with Crippen molar-refractivity contribution >= 4 is 10.0 Å². The first-order valence-electron chi connectivity index (χ1n) is 8.85. The Kier molecular flexibility index (Phi) is 4.18. The number of benzene rings is 2. The van der Waals surface area contributed by atoms with Crippen molar-refractivity contribution in [3.63, 3.8) is 0 Å². The predicted octanol–water partition coefficient (Wildman–Crippen LogP) is 2.97. The quantitative estimate of drug-likeness (QED) is 0.835. The molecule has 2 aromatic rings. The number of hydrogen-bond donors (Lipinski definition) is 2. The molecule has 0 heterocycles. The fraction of sp³-hybridized carbons (Fsp3) is 0.400. The molecule has 5 heteroatoms. The molecule has 2 N–H and O–H groups in total. The van der Waals surface area contributed by atoms with E-state index in [1.165, 1.54) is 5.56 Å². The molecule has 0 amide bonds. The van der Waals surface area contributed by atoms with Gasteiger partial charge in [0, 0.05) is 12.0 Å². The van der Waals surface area contributed by atoms with Crippen LogP contribution in [0.4, 0.5) is 0 Å². The van der Waals surface area contributed by atoms with E-state index in [9.17, 15) is 13.5 Å². The van der Waals surface area contributed by atoms with E-state index >= 15 is 0 Å². The summed E-state index contributed by atoms with van der Waals surface area (Å²) in [5.74, 6) is 0. The van der Waals surface area contributed by atoms with E-state index in [2.05, 4.69) is 4.72 Å². The second-order valence-corrected chi connectivity index (χ2v) is 9.05. The van der Waals surface area contributed by atoms with E-state index in [1.54, 1.807) is 12.1 Å². The Hall–Kier alpha value is -1.69. The molecule has 0 spiro atoms. The van der Waals surface area contributed by atoms with Gasteiger partial charge in [0.15, 0.2) is 0 Å². The molecule has 1 saturated carbocycles. The smallest absolute Gasteiger partial charge is 0.240 e. The van der Waals surface area contributed by atoms with Crippen LogP contribution in [0.5, 0.6) is 0 Å². The van der Waals surface area contributed by atoms with Crippen LogP contribution in [0, 0.1) is 5.41 Å². The Labute approximate surface area is 149 Å². The van der Waals surface area contributed by atoms with E-state index in [4.69, 9.17) is 0 Å². The van der Waals surface area contributed by atoms with Gasteiger partial charge in [-0.1, -0.05) is 36.4 Å². The van der Waals surface area contributed by atoms with Gasteiger partial charge >= 0.3 is 0 Å². The average molecular weight is 357 g/mol. The van der Waals surface area contributed by atoms with Gasteiger partial charge in [-0.3, -0.25) is 0 Å². The van der Waals surface area contributed by atoms with Crippen LogP contribution >= 0.6 is 0 Å². The molecule has 0 bridgehead atoms. The Balaban J connectivity index is 1.49. The molecule has 25 heavy (non-hydrogen) atoms. The number of aliphatic hydroxyl groups is 1. The lowest BCUT2D eigenvalue weighted by molar-refractivity contribution is 0.0953. The topological polar surface area (TPSA) is 66.4 Å². The summed E-state index contributed by atoms with van der Waals surface area (Å²) >= 11 is 0.